The van der Waals surface area contributed by atoms with Crippen LogP contribution in [-0.4, -0.2) is 72.4 Å². The van der Waals surface area contributed by atoms with Crippen LogP contribution >= 0.6 is 23.2 Å². The third kappa shape index (κ3) is 4.67. The average Bonchev–Trinajstić information content (AvgIpc) is 3.25. The van der Waals surface area contributed by atoms with Gasteiger partial charge in [-0.15, -0.1) is 0 Å². The highest BCUT2D eigenvalue weighted by Gasteiger charge is 2.55. The molecule has 1 N–H and O–H groups in total. The molecule has 5 heterocycles. The van der Waals surface area contributed by atoms with Crippen LogP contribution in [0.15, 0.2) is 42.9 Å². The van der Waals surface area contributed by atoms with Crippen LogP contribution in [0.5, 0.6) is 11.5 Å². The lowest BCUT2D eigenvalue weighted by Gasteiger charge is -2.59. The fourth-order valence-corrected chi connectivity index (χ4v) is 7.05. The van der Waals surface area contributed by atoms with Gasteiger partial charge in [0.05, 0.1) is 28.9 Å². The first kappa shape index (κ1) is 26.1. The Kier molecular flexibility index (Phi) is 6.37. The summed E-state index contributed by atoms with van der Waals surface area (Å²) in [6.07, 6.45) is 5.71. The molecule has 10 nitrogen and oxygen atoms in total. The summed E-state index contributed by atoms with van der Waals surface area (Å²) in [5, 5.41) is 9.34. The molecule has 1 aromatic carbocycles. The van der Waals surface area contributed by atoms with Crippen molar-refractivity contribution in [3.63, 3.8) is 0 Å². The minimum atomic E-state index is -3.14. The molecule has 4 aromatic rings. The van der Waals surface area contributed by atoms with E-state index < -0.39 is 16.1 Å². The standard InChI is InChI=1S/C26H26Cl2N6O4S/c1-15(23-19(27)9-29-10-20(23)28)38-17-4-5-21-18(7-17)24(32-31-21)16-6-22(37-2)25(30-8-16)33-11-26(12-33)13-34(14-26)39(3,35)36/h4-10,15H,11-14H2,1-3H3,(H,31,32)/t15-/m1/s1. The normalized spacial score (nSPS) is 17.6. The van der Waals surface area contributed by atoms with Crippen molar-refractivity contribution < 1.29 is 17.9 Å². The van der Waals surface area contributed by atoms with Crippen LogP contribution in [0.3, 0.4) is 0 Å². The van der Waals surface area contributed by atoms with Crippen molar-refractivity contribution in [1.82, 2.24) is 24.5 Å². The zero-order chi connectivity index (χ0) is 27.5. The first-order chi connectivity index (χ1) is 18.6. The van der Waals surface area contributed by atoms with E-state index in [2.05, 4.69) is 20.1 Å². The van der Waals surface area contributed by atoms with Crippen molar-refractivity contribution in [3.8, 4) is 22.8 Å². The van der Waals surface area contributed by atoms with Gasteiger partial charge in [-0.2, -0.15) is 5.10 Å². The number of benzene rings is 1. The summed E-state index contributed by atoms with van der Waals surface area (Å²) in [6.45, 7) is 4.44. The highest BCUT2D eigenvalue weighted by Crippen LogP contribution is 2.45. The SMILES string of the molecule is COc1cc(-c2n[nH]c3ccc(O[C@H](C)c4c(Cl)cncc4Cl)cc23)cnc1N1CC2(C1)CN(S(C)(=O)=O)C2. The fourth-order valence-electron chi connectivity index (χ4n) is 5.36. The maximum absolute atomic E-state index is 11.8. The monoisotopic (exact) mass is 588 g/mol. The molecule has 1 spiro atoms. The maximum Gasteiger partial charge on any atom is 0.211 e. The van der Waals surface area contributed by atoms with Gasteiger partial charge >= 0.3 is 0 Å². The van der Waals surface area contributed by atoms with Gasteiger partial charge in [0.15, 0.2) is 11.6 Å². The highest BCUT2D eigenvalue weighted by molar-refractivity contribution is 7.88. The second-order valence-corrected chi connectivity index (χ2v) is 13.0. The van der Waals surface area contributed by atoms with Gasteiger partial charge in [-0.1, -0.05) is 23.2 Å². The van der Waals surface area contributed by atoms with Crippen LogP contribution in [0.1, 0.15) is 18.6 Å². The van der Waals surface area contributed by atoms with Crippen molar-refractivity contribution in [3.05, 3.63) is 58.5 Å². The first-order valence-corrected chi connectivity index (χ1v) is 14.9. The molecule has 6 rings (SSSR count). The minimum absolute atomic E-state index is 0.00884. The van der Waals surface area contributed by atoms with E-state index >= 15 is 0 Å². The van der Waals surface area contributed by atoms with Crippen molar-refractivity contribution in [2.24, 2.45) is 5.41 Å². The quantitative estimate of drug-likeness (QED) is 0.334. The fraction of sp³-hybridized carbons (Fsp3) is 0.346. The molecule has 1 atom stereocenters. The molecule has 0 aliphatic carbocycles. The summed E-state index contributed by atoms with van der Waals surface area (Å²) in [4.78, 5) is 10.8. The molecule has 2 saturated heterocycles. The zero-order valence-corrected chi connectivity index (χ0v) is 23.8. The lowest BCUT2D eigenvalue weighted by molar-refractivity contribution is 0.0392. The summed E-state index contributed by atoms with van der Waals surface area (Å²) in [5.74, 6) is 1.99. The first-order valence-electron chi connectivity index (χ1n) is 12.2. The van der Waals surface area contributed by atoms with E-state index in [1.165, 1.54) is 10.6 Å². The summed E-state index contributed by atoms with van der Waals surface area (Å²) in [7, 11) is -1.53. The predicted molar refractivity (Wildman–Crippen MR) is 150 cm³/mol. The number of sulfonamides is 1. The molecule has 2 fully saturated rings. The smallest absolute Gasteiger partial charge is 0.211 e. The Morgan fingerprint density at radius 3 is 2.46 bits per heavy atom. The van der Waals surface area contributed by atoms with Crippen LogP contribution in [-0.2, 0) is 10.0 Å². The Morgan fingerprint density at radius 1 is 1.08 bits per heavy atom. The number of anilines is 1. The van der Waals surface area contributed by atoms with Gasteiger partial charge in [-0.3, -0.25) is 10.1 Å². The average molecular weight is 590 g/mol. The number of rotatable bonds is 7. The molecule has 0 unspecified atom stereocenters. The van der Waals surface area contributed by atoms with Crippen LogP contribution in [0.4, 0.5) is 5.82 Å². The summed E-state index contributed by atoms with van der Waals surface area (Å²) < 4.78 is 36.9. The number of methoxy groups -OCH3 is 1. The number of fused-ring (bicyclic) bond motifs is 1. The van der Waals surface area contributed by atoms with Gasteiger partial charge in [0.1, 0.15) is 17.5 Å². The second-order valence-electron chi connectivity index (χ2n) is 10.2. The molecule has 0 amide bonds. The highest BCUT2D eigenvalue weighted by atomic mass is 35.5. The van der Waals surface area contributed by atoms with E-state index in [1.54, 1.807) is 25.7 Å². The van der Waals surface area contributed by atoms with E-state index in [0.29, 0.717) is 45.9 Å². The topological polar surface area (TPSA) is 114 Å². The lowest BCUT2D eigenvalue weighted by atomic mass is 9.74. The number of nitrogens with zero attached hydrogens (tertiary/aromatic N) is 5. The Labute approximate surface area is 235 Å². The molecular weight excluding hydrogens is 563 g/mol. The molecule has 2 aliphatic heterocycles. The second kappa shape index (κ2) is 9.51. The number of hydrogen-bond acceptors (Lipinski definition) is 8. The van der Waals surface area contributed by atoms with E-state index in [4.69, 9.17) is 37.7 Å². The van der Waals surface area contributed by atoms with Crippen LogP contribution in [0, 0.1) is 5.41 Å². The van der Waals surface area contributed by atoms with Gasteiger partial charge in [0.25, 0.3) is 0 Å². The Balaban J connectivity index is 1.23. The van der Waals surface area contributed by atoms with Gasteiger partial charge in [-0.25, -0.2) is 17.7 Å². The number of aromatic nitrogens is 4. The predicted octanol–water partition coefficient (Wildman–Crippen LogP) is 4.56. The molecule has 0 radical (unpaired) electrons. The molecule has 0 saturated carbocycles. The number of halogens is 2. The third-order valence-corrected chi connectivity index (χ3v) is 9.11. The lowest BCUT2D eigenvalue weighted by Crippen LogP contribution is -2.73. The van der Waals surface area contributed by atoms with Gasteiger partial charge in [0.2, 0.25) is 10.0 Å². The largest absolute Gasteiger partial charge is 0.493 e. The summed E-state index contributed by atoms with van der Waals surface area (Å²) in [6, 6.07) is 7.59. The van der Waals surface area contributed by atoms with Gasteiger partial charge in [0, 0.05) is 66.7 Å². The van der Waals surface area contributed by atoms with Crippen molar-refractivity contribution in [2.45, 2.75) is 13.0 Å². The zero-order valence-electron chi connectivity index (χ0n) is 21.5. The van der Waals surface area contributed by atoms with Crippen LogP contribution < -0.4 is 14.4 Å². The molecule has 39 heavy (non-hydrogen) atoms. The van der Waals surface area contributed by atoms with Crippen LogP contribution in [0.2, 0.25) is 10.0 Å². The van der Waals surface area contributed by atoms with Gasteiger partial charge < -0.3 is 14.4 Å². The van der Waals surface area contributed by atoms with Crippen LogP contribution in [0.25, 0.3) is 22.2 Å². The van der Waals surface area contributed by atoms with Gasteiger partial charge in [-0.05, 0) is 31.2 Å². The molecule has 2 aliphatic rings. The molecule has 0 bridgehead atoms. The van der Waals surface area contributed by atoms with Crippen molar-refractivity contribution in [1.29, 1.82) is 0 Å². The van der Waals surface area contributed by atoms with E-state index in [9.17, 15) is 8.42 Å². The molecule has 3 aromatic heterocycles. The number of ether oxygens (including phenoxy) is 2. The molecule has 204 valence electrons. The van der Waals surface area contributed by atoms with Crippen molar-refractivity contribution >= 4 is 49.9 Å². The van der Waals surface area contributed by atoms with E-state index in [1.807, 2.05) is 31.2 Å². The summed E-state index contributed by atoms with van der Waals surface area (Å²) >= 11 is 12.6. The van der Waals surface area contributed by atoms with E-state index in [0.717, 1.165) is 35.4 Å². The minimum Gasteiger partial charge on any atom is -0.493 e. The molecular formula is C26H26Cl2N6O4S. The van der Waals surface area contributed by atoms with E-state index in [-0.39, 0.29) is 5.41 Å². The van der Waals surface area contributed by atoms with Crippen molar-refractivity contribution in [2.75, 3.05) is 44.4 Å². The number of aromatic amines is 1. The maximum atomic E-state index is 11.8. The molecule has 13 heteroatoms. The third-order valence-electron chi connectivity index (χ3n) is 7.31. The number of H-pyrrole nitrogens is 1. The summed E-state index contributed by atoms with van der Waals surface area (Å²) in [5.41, 5.74) is 3.00. The number of nitrogens with one attached hydrogen (secondary N) is 1. The Bertz CT molecular complexity index is 1660. The Morgan fingerprint density at radius 2 is 1.79 bits per heavy atom. The number of pyridine rings is 2. The Hall–Kier alpha value is -3.12. The number of hydrogen-bond donors (Lipinski definition) is 1.